The molecule has 1 unspecified atom stereocenters. The normalized spacial score (nSPS) is 12.4. The summed E-state index contributed by atoms with van der Waals surface area (Å²) in [6, 6.07) is 9.47. The summed E-state index contributed by atoms with van der Waals surface area (Å²) >= 11 is 1.33. The number of carbonyl (C=O) groups is 1. The van der Waals surface area contributed by atoms with E-state index in [2.05, 4.69) is 86.3 Å². The van der Waals surface area contributed by atoms with E-state index in [1.54, 1.807) is 25.4 Å². The van der Waals surface area contributed by atoms with Crippen molar-refractivity contribution >= 4 is 44.8 Å². The summed E-state index contributed by atoms with van der Waals surface area (Å²) in [6.45, 7) is 21.7. The third-order valence-electron chi connectivity index (χ3n) is 7.62. The number of methoxy groups -OCH3 is 1. The van der Waals surface area contributed by atoms with Crippen LogP contribution in [-0.4, -0.2) is 46.7 Å². The van der Waals surface area contributed by atoms with E-state index in [0.29, 0.717) is 46.2 Å². The van der Waals surface area contributed by atoms with Crippen molar-refractivity contribution in [1.82, 2.24) is 20.3 Å². The molecule has 46 heavy (non-hydrogen) atoms. The van der Waals surface area contributed by atoms with E-state index >= 15 is 0 Å². The zero-order chi connectivity index (χ0) is 33.7. The van der Waals surface area contributed by atoms with Crippen LogP contribution in [0.2, 0.25) is 0 Å². The molecule has 1 radical (unpaired) electrons. The molecular formula is C35H46FN6O3S. The zero-order valence-corrected chi connectivity index (χ0v) is 28.9. The minimum absolute atomic E-state index is 0.0933. The van der Waals surface area contributed by atoms with E-state index in [-0.39, 0.29) is 28.7 Å². The number of fused-ring (bicyclic) bond motifs is 1. The Bertz CT molecular complexity index is 1630. The Labute approximate surface area is 275 Å². The first kappa shape index (κ1) is 35.0. The second-order valence-electron chi connectivity index (χ2n) is 13.9. The topological polar surface area (TPSA) is 110 Å². The number of nitrogens with zero attached hydrogens (tertiary/aromatic N) is 3. The third kappa shape index (κ3) is 9.13. The predicted octanol–water partition coefficient (Wildman–Crippen LogP) is 7.82. The molecule has 1 atom stereocenters. The van der Waals surface area contributed by atoms with Crippen molar-refractivity contribution < 1.29 is 18.7 Å². The van der Waals surface area contributed by atoms with Crippen molar-refractivity contribution in [3.63, 3.8) is 0 Å². The van der Waals surface area contributed by atoms with E-state index in [4.69, 9.17) is 9.47 Å². The van der Waals surface area contributed by atoms with Gasteiger partial charge in [0.05, 0.1) is 25.7 Å². The molecule has 247 valence electrons. The van der Waals surface area contributed by atoms with Crippen LogP contribution in [0.3, 0.4) is 0 Å². The lowest BCUT2D eigenvalue weighted by Crippen LogP contribution is -2.56. The van der Waals surface area contributed by atoms with Gasteiger partial charge >= 0.3 is 0 Å². The van der Waals surface area contributed by atoms with Gasteiger partial charge in [-0.2, -0.15) is 0 Å². The summed E-state index contributed by atoms with van der Waals surface area (Å²) in [5, 5.41) is 10.9. The summed E-state index contributed by atoms with van der Waals surface area (Å²) in [5.74, 6) is 1.38. The van der Waals surface area contributed by atoms with Gasteiger partial charge in [0.2, 0.25) is 5.91 Å². The van der Waals surface area contributed by atoms with E-state index in [0.717, 1.165) is 23.2 Å². The Hall–Kier alpha value is -3.83. The number of amides is 1. The average molecular weight is 650 g/mol. The van der Waals surface area contributed by atoms with Gasteiger partial charge in [-0.15, -0.1) is 11.3 Å². The van der Waals surface area contributed by atoms with Crippen molar-refractivity contribution in [3.05, 3.63) is 66.5 Å². The van der Waals surface area contributed by atoms with Crippen LogP contribution >= 0.6 is 11.3 Å². The molecule has 1 amide bonds. The molecule has 11 heteroatoms. The molecule has 0 aliphatic heterocycles. The maximum atomic E-state index is 13.4. The van der Waals surface area contributed by atoms with Gasteiger partial charge in [0.1, 0.15) is 18.0 Å². The highest BCUT2D eigenvalue weighted by atomic mass is 32.1. The number of anilines is 3. The van der Waals surface area contributed by atoms with E-state index < -0.39 is 5.82 Å². The molecule has 2 heterocycles. The largest absolute Gasteiger partial charge is 0.493 e. The van der Waals surface area contributed by atoms with Gasteiger partial charge in [-0.25, -0.2) is 19.3 Å². The fourth-order valence-corrected chi connectivity index (χ4v) is 7.66. The second kappa shape index (κ2) is 14.3. The Kier molecular flexibility index (Phi) is 10.9. The van der Waals surface area contributed by atoms with Crippen LogP contribution in [0.1, 0.15) is 59.8 Å². The summed E-state index contributed by atoms with van der Waals surface area (Å²) in [6.07, 6.45) is 4.00. The number of ether oxygens (including phenoxy) is 2. The van der Waals surface area contributed by atoms with E-state index in [1.807, 2.05) is 12.1 Å². The minimum atomic E-state index is -0.412. The number of hydrogen-bond donors (Lipinski definition) is 3. The zero-order valence-electron chi connectivity index (χ0n) is 28.1. The molecule has 3 N–H and O–H groups in total. The first-order valence-electron chi connectivity index (χ1n) is 15.4. The van der Waals surface area contributed by atoms with Crippen molar-refractivity contribution in [1.29, 1.82) is 0 Å². The Balaban J connectivity index is 1.37. The number of thiazole rings is 1. The molecule has 4 aromatic rings. The Morgan fingerprint density at radius 1 is 1.02 bits per heavy atom. The molecule has 2 aromatic carbocycles. The van der Waals surface area contributed by atoms with Gasteiger partial charge < -0.3 is 25.4 Å². The van der Waals surface area contributed by atoms with Crippen molar-refractivity contribution in [2.75, 3.05) is 30.9 Å². The van der Waals surface area contributed by atoms with Crippen LogP contribution in [0, 0.1) is 29.5 Å². The molecule has 9 nitrogen and oxygen atoms in total. The van der Waals surface area contributed by atoms with Crippen LogP contribution in [0.4, 0.5) is 21.0 Å². The lowest BCUT2D eigenvalue weighted by molar-refractivity contribution is -0.115. The molecular weight excluding hydrogens is 603 g/mol. The van der Waals surface area contributed by atoms with Gasteiger partial charge in [0, 0.05) is 33.8 Å². The lowest BCUT2D eigenvalue weighted by Gasteiger charge is -2.50. The maximum absolute atomic E-state index is 13.4. The summed E-state index contributed by atoms with van der Waals surface area (Å²) in [4.78, 5) is 26.5. The molecule has 0 saturated heterocycles. The van der Waals surface area contributed by atoms with Crippen molar-refractivity contribution in [2.24, 2.45) is 16.7 Å². The number of hydrogen-bond acceptors (Lipinski definition) is 9. The molecule has 4 rings (SSSR count). The standard InChI is InChI=1S/C35H46FN6O3S/c1-33(2,3)31(34(4,5)6)35(7,8)40-14-11-15-45-28-19-26-25(18-27(28)44-9)30(39-21-38-26)42-32-37-20-24(46-32)17-29(43)41-23-13-10-12-22(36)16-23/h10,12-13,16,18-21,31,40H,7,11,14-15,17H2,1-6,8-9H3,(H,41,43)(H,37,38,39,42). The number of carbonyl (C=O) groups excluding carboxylic acids is 1. The van der Waals surface area contributed by atoms with Crippen LogP contribution in [0.15, 0.2) is 48.9 Å². The SMILES string of the molecule is [CH2]C(C)(NCCCOc1cc2ncnc(Nc3ncc(CC(=O)Nc4cccc(F)c4)s3)c2cc1OC)C(C(C)(C)C)C(C)(C)C. The van der Waals surface area contributed by atoms with Gasteiger partial charge in [-0.1, -0.05) is 47.6 Å². The fraction of sp³-hybridized carbons (Fsp3) is 0.457. The van der Waals surface area contributed by atoms with Crippen molar-refractivity contribution in [3.8, 4) is 11.5 Å². The fourth-order valence-electron chi connectivity index (χ4n) is 6.85. The summed E-state index contributed by atoms with van der Waals surface area (Å²) in [7, 11) is 1.60. The average Bonchev–Trinajstić information content (AvgIpc) is 3.36. The maximum Gasteiger partial charge on any atom is 0.229 e. The number of halogens is 1. The van der Waals surface area contributed by atoms with Crippen LogP contribution in [0.5, 0.6) is 11.5 Å². The quantitative estimate of drug-likeness (QED) is 0.126. The molecule has 0 saturated carbocycles. The first-order valence-corrected chi connectivity index (χ1v) is 16.2. The highest BCUT2D eigenvalue weighted by molar-refractivity contribution is 7.15. The Morgan fingerprint density at radius 2 is 1.76 bits per heavy atom. The summed E-state index contributed by atoms with van der Waals surface area (Å²) in [5.41, 5.74) is 0.971. The van der Waals surface area contributed by atoms with Crippen LogP contribution in [0.25, 0.3) is 10.9 Å². The number of rotatable bonds is 13. The number of aromatic nitrogens is 3. The van der Waals surface area contributed by atoms with Crippen molar-refractivity contribution in [2.45, 2.75) is 66.8 Å². The second-order valence-corrected chi connectivity index (χ2v) is 15.1. The van der Waals surface area contributed by atoms with E-state index in [1.165, 1.54) is 29.8 Å². The van der Waals surface area contributed by atoms with Gasteiger partial charge in [-0.05, 0) is 67.8 Å². The monoisotopic (exact) mass is 649 g/mol. The van der Waals surface area contributed by atoms with E-state index in [9.17, 15) is 9.18 Å². The number of nitrogens with one attached hydrogen (secondary N) is 3. The molecule has 0 aliphatic carbocycles. The Morgan fingerprint density at radius 3 is 2.43 bits per heavy atom. The van der Waals surface area contributed by atoms with Gasteiger partial charge in [-0.3, -0.25) is 4.79 Å². The molecule has 0 spiro atoms. The highest BCUT2D eigenvalue weighted by Crippen LogP contribution is 2.46. The van der Waals surface area contributed by atoms with Gasteiger partial charge in [0.15, 0.2) is 16.6 Å². The molecule has 0 fully saturated rings. The molecule has 0 aliphatic rings. The minimum Gasteiger partial charge on any atom is -0.493 e. The smallest absolute Gasteiger partial charge is 0.229 e. The lowest BCUT2D eigenvalue weighted by atomic mass is 9.59. The summed E-state index contributed by atoms with van der Waals surface area (Å²) < 4.78 is 25.3. The van der Waals surface area contributed by atoms with Crippen LogP contribution in [-0.2, 0) is 11.2 Å². The number of benzene rings is 2. The third-order valence-corrected chi connectivity index (χ3v) is 8.53. The molecule has 0 bridgehead atoms. The predicted molar refractivity (Wildman–Crippen MR) is 184 cm³/mol. The molecule has 2 aromatic heterocycles. The first-order chi connectivity index (χ1) is 21.6. The highest BCUT2D eigenvalue weighted by Gasteiger charge is 2.44. The van der Waals surface area contributed by atoms with Crippen LogP contribution < -0.4 is 25.4 Å². The van der Waals surface area contributed by atoms with Gasteiger partial charge in [0.25, 0.3) is 0 Å².